The molecule has 144 valence electrons. The van der Waals surface area contributed by atoms with Crippen LogP contribution in [0, 0.1) is 0 Å². The van der Waals surface area contributed by atoms with Gasteiger partial charge in [0.25, 0.3) is 0 Å². The first-order valence-corrected chi connectivity index (χ1v) is 7.74. The van der Waals surface area contributed by atoms with E-state index in [9.17, 15) is 22.8 Å². The van der Waals surface area contributed by atoms with E-state index in [1.54, 1.807) is 0 Å². The average molecular weight is 403 g/mol. The molecule has 6 nitrogen and oxygen atoms in total. The second-order valence-electron chi connectivity index (χ2n) is 5.17. The van der Waals surface area contributed by atoms with Crippen LogP contribution in [0.1, 0.15) is 5.56 Å². The van der Waals surface area contributed by atoms with Crippen molar-refractivity contribution >= 4 is 34.8 Å². The van der Waals surface area contributed by atoms with Crippen LogP contribution in [-0.2, 0) is 15.8 Å². The van der Waals surface area contributed by atoms with Gasteiger partial charge in [-0.1, -0.05) is 11.6 Å². The molecule has 0 aliphatic heterocycles. The summed E-state index contributed by atoms with van der Waals surface area (Å²) in [5.41, 5.74) is -1.17. The number of alkyl halides is 3. The number of amides is 2. The summed E-state index contributed by atoms with van der Waals surface area (Å²) in [6, 6.07) is 7.24. The number of carbonyl (C=O) groups is 2. The van der Waals surface area contributed by atoms with Crippen LogP contribution in [0.2, 0.25) is 5.02 Å². The topological polar surface area (TPSA) is 76.7 Å². The SMILES string of the molecule is COc1ccc(NC(=O)C(=O)Nc2ccc(Cl)c(C(F)(F)F)c2)c(OC)c1. The van der Waals surface area contributed by atoms with Crippen LogP contribution in [0.3, 0.4) is 0 Å². The van der Waals surface area contributed by atoms with E-state index >= 15 is 0 Å². The maximum Gasteiger partial charge on any atom is 0.417 e. The van der Waals surface area contributed by atoms with Crippen LogP contribution in [0.4, 0.5) is 24.5 Å². The Labute approximate surface area is 157 Å². The van der Waals surface area contributed by atoms with Crippen molar-refractivity contribution in [1.82, 2.24) is 0 Å². The summed E-state index contributed by atoms with van der Waals surface area (Å²) in [6.07, 6.45) is -4.70. The number of anilines is 2. The smallest absolute Gasteiger partial charge is 0.417 e. The highest BCUT2D eigenvalue weighted by Gasteiger charge is 2.33. The molecule has 2 N–H and O–H groups in total. The normalized spacial score (nSPS) is 10.9. The summed E-state index contributed by atoms with van der Waals surface area (Å²) in [6.45, 7) is 0. The summed E-state index contributed by atoms with van der Waals surface area (Å²) in [5.74, 6) is -1.55. The lowest BCUT2D eigenvalue weighted by Crippen LogP contribution is -2.29. The van der Waals surface area contributed by atoms with E-state index in [1.807, 2.05) is 0 Å². The van der Waals surface area contributed by atoms with Crippen molar-refractivity contribution in [2.45, 2.75) is 6.18 Å². The van der Waals surface area contributed by atoms with Crippen LogP contribution in [-0.4, -0.2) is 26.0 Å². The summed E-state index contributed by atoms with van der Waals surface area (Å²) in [4.78, 5) is 24.0. The largest absolute Gasteiger partial charge is 0.497 e. The lowest BCUT2D eigenvalue weighted by molar-refractivity contribution is -0.137. The van der Waals surface area contributed by atoms with Gasteiger partial charge in [-0.3, -0.25) is 9.59 Å². The Morgan fingerprint density at radius 1 is 0.963 bits per heavy atom. The van der Waals surface area contributed by atoms with Crippen molar-refractivity contribution in [2.24, 2.45) is 0 Å². The Morgan fingerprint density at radius 2 is 1.63 bits per heavy atom. The molecule has 2 aromatic carbocycles. The van der Waals surface area contributed by atoms with E-state index < -0.39 is 28.6 Å². The number of halogens is 4. The van der Waals surface area contributed by atoms with Gasteiger partial charge in [0, 0.05) is 11.8 Å². The Bertz CT molecular complexity index is 872. The molecule has 0 aromatic heterocycles. The zero-order valence-electron chi connectivity index (χ0n) is 14.1. The zero-order chi connectivity index (χ0) is 20.2. The molecular weight excluding hydrogens is 389 g/mol. The standard InChI is InChI=1S/C17H14ClF3N2O4/c1-26-10-4-6-13(14(8-10)27-2)23-16(25)15(24)22-9-3-5-12(18)11(7-9)17(19,20)21/h3-8H,1-2H3,(H,22,24)(H,23,25). The molecule has 0 bridgehead atoms. The van der Waals surface area contributed by atoms with Gasteiger partial charge in [0.15, 0.2) is 0 Å². The number of ether oxygens (including phenoxy) is 2. The maximum atomic E-state index is 12.9. The van der Waals surface area contributed by atoms with Crippen molar-refractivity contribution < 1.29 is 32.2 Å². The Hall–Kier alpha value is -2.94. The number of hydrogen-bond acceptors (Lipinski definition) is 4. The van der Waals surface area contributed by atoms with Crippen LogP contribution in [0.15, 0.2) is 36.4 Å². The molecule has 0 spiro atoms. The number of methoxy groups -OCH3 is 2. The van der Waals surface area contributed by atoms with Gasteiger partial charge in [-0.25, -0.2) is 0 Å². The minimum absolute atomic E-state index is 0.186. The quantitative estimate of drug-likeness (QED) is 0.759. The molecule has 0 saturated carbocycles. The molecule has 0 aliphatic carbocycles. The Balaban J connectivity index is 2.14. The van der Waals surface area contributed by atoms with Crippen molar-refractivity contribution in [3.05, 3.63) is 47.0 Å². The molecule has 0 fully saturated rings. The predicted molar refractivity (Wildman–Crippen MR) is 93.3 cm³/mol. The lowest BCUT2D eigenvalue weighted by atomic mass is 10.2. The molecule has 0 saturated heterocycles. The van der Waals surface area contributed by atoms with E-state index in [4.69, 9.17) is 21.1 Å². The van der Waals surface area contributed by atoms with E-state index in [1.165, 1.54) is 32.4 Å². The highest BCUT2D eigenvalue weighted by molar-refractivity contribution is 6.43. The minimum Gasteiger partial charge on any atom is -0.497 e. The average Bonchev–Trinajstić information content (AvgIpc) is 2.62. The summed E-state index contributed by atoms with van der Waals surface area (Å²) < 4.78 is 48.7. The van der Waals surface area contributed by atoms with Gasteiger partial charge >= 0.3 is 18.0 Å². The maximum absolute atomic E-state index is 12.9. The van der Waals surface area contributed by atoms with Crippen LogP contribution < -0.4 is 20.1 Å². The van der Waals surface area contributed by atoms with E-state index in [0.29, 0.717) is 11.8 Å². The molecule has 2 amide bonds. The first kappa shape index (κ1) is 20.4. The number of benzene rings is 2. The fourth-order valence-corrected chi connectivity index (χ4v) is 2.31. The van der Waals surface area contributed by atoms with E-state index in [2.05, 4.69) is 10.6 Å². The van der Waals surface area contributed by atoms with Gasteiger partial charge < -0.3 is 20.1 Å². The monoisotopic (exact) mass is 402 g/mol. The molecule has 2 rings (SSSR count). The lowest BCUT2D eigenvalue weighted by Gasteiger charge is -2.13. The van der Waals surface area contributed by atoms with Crippen LogP contribution in [0.25, 0.3) is 0 Å². The van der Waals surface area contributed by atoms with Crippen molar-refractivity contribution in [2.75, 3.05) is 24.9 Å². The first-order valence-electron chi connectivity index (χ1n) is 7.36. The molecule has 2 aromatic rings. The van der Waals surface area contributed by atoms with Crippen molar-refractivity contribution in [1.29, 1.82) is 0 Å². The first-order chi connectivity index (χ1) is 12.7. The number of rotatable bonds is 4. The molecule has 0 atom stereocenters. The molecule has 0 unspecified atom stereocenters. The van der Waals surface area contributed by atoms with E-state index in [-0.39, 0.29) is 17.1 Å². The number of nitrogens with one attached hydrogen (secondary N) is 2. The van der Waals surface area contributed by atoms with Crippen molar-refractivity contribution in [3.63, 3.8) is 0 Å². The second kappa shape index (κ2) is 8.17. The molecule has 0 aliphatic rings. The highest BCUT2D eigenvalue weighted by atomic mass is 35.5. The third kappa shape index (κ3) is 5.04. The van der Waals surface area contributed by atoms with E-state index in [0.717, 1.165) is 12.1 Å². The highest BCUT2D eigenvalue weighted by Crippen LogP contribution is 2.36. The molecule has 0 radical (unpaired) electrons. The van der Waals surface area contributed by atoms with Crippen LogP contribution >= 0.6 is 11.6 Å². The minimum atomic E-state index is -4.70. The fraction of sp³-hybridized carbons (Fsp3) is 0.176. The number of carbonyl (C=O) groups excluding carboxylic acids is 2. The Morgan fingerprint density at radius 3 is 2.22 bits per heavy atom. The third-order valence-corrected chi connectivity index (χ3v) is 3.72. The van der Waals surface area contributed by atoms with Crippen molar-refractivity contribution in [3.8, 4) is 11.5 Å². The summed E-state index contributed by atoms with van der Waals surface area (Å²) in [7, 11) is 2.80. The molecule has 0 heterocycles. The summed E-state index contributed by atoms with van der Waals surface area (Å²) >= 11 is 5.51. The van der Waals surface area contributed by atoms with Crippen LogP contribution in [0.5, 0.6) is 11.5 Å². The van der Waals surface area contributed by atoms with Gasteiger partial charge in [0.05, 0.1) is 30.5 Å². The second-order valence-corrected chi connectivity index (χ2v) is 5.57. The number of hydrogen-bond donors (Lipinski definition) is 2. The molecule has 27 heavy (non-hydrogen) atoms. The fourth-order valence-electron chi connectivity index (χ4n) is 2.09. The zero-order valence-corrected chi connectivity index (χ0v) is 14.9. The third-order valence-electron chi connectivity index (χ3n) is 3.39. The predicted octanol–water partition coefficient (Wildman–Crippen LogP) is 3.95. The molecule has 10 heteroatoms. The van der Waals surface area contributed by atoms with Gasteiger partial charge in [-0.2, -0.15) is 13.2 Å². The van der Waals surface area contributed by atoms with Gasteiger partial charge in [-0.05, 0) is 30.3 Å². The van der Waals surface area contributed by atoms with Gasteiger partial charge in [-0.15, -0.1) is 0 Å². The summed E-state index contributed by atoms with van der Waals surface area (Å²) in [5, 5.41) is 3.88. The molecular formula is C17H14ClF3N2O4. The van der Waals surface area contributed by atoms with Gasteiger partial charge in [0.2, 0.25) is 0 Å². The Kier molecular flexibility index (Phi) is 6.17. The van der Waals surface area contributed by atoms with Gasteiger partial charge in [0.1, 0.15) is 11.5 Å².